The fourth-order valence-corrected chi connectivity index (χ4v) is 1.66. The lowest BCUT2D eigenvalue weighted by Gasteiger charge is -2.10. The van der Waals surface area contributed by atoms with Crippen LogP contribution < -0.4 is 0 Å². The van der Waals surface area contributed by atoms with E-state index in [-0.39, 0.29) is 17.1 Å². The summed E-state index contributed by atoms with van der Waals surface area (Å²) in [5, 5.41) is 0. The van der Waals surface area contributed by atoms with Gasteiger partial charge in [-0.15, -0.1) is 0 Å². The van der Waals surface area contributed by atoms with Gasteiger partial charge in [-0.3, -0.25) is 9.59 Å². The van der Waals surface area contributed by atoms with Gasteiger partial charge >= 0.3 is 0 Å². The number of carbonyl (C=O) groups is 2. The second kappa shape index (κ2) is 1.84. The van der Waals surface area contributed by atoms with Gasteiger partial charge in [0.1, 0.15) is 0 Å². The van der Waals surface area contributed by atoms with Crippen LogP contribution >= 0.6 is 0 Å². The fraction of sp³-hybridized carbons (Fsp3) is 0.750. The number of rotatable bonds is 0. The third-order valence-electron chi connectivity index (χ3n) is 2.72. The first-order chi connectivity index (χ1) is 5.14. The average molecular weight is 153 g/mol. The highest BCUT2D eigenvalue weighted by Gasteiger charge is 2.55. The number of hydrogen-bond acceptors (Lipinski definition) is 2. The molecule has 0 atom stereocenters. The van der Waals surface area contributed by atoms with Gasteiger partial charge in [0.2, 0.25) is 5.91 Å². The number of nitrogens with zero attached hydrogens (tertiary/aromatic N) is 1. The minimum Gasteiger partial charge on any atom is -0.335 e. The van der Waals surface area contributed by atoms with E-state index in [0.717, 1.165) is 12.8 Å². The normalized spacial score (nSPS) is 26.3. The molecule has 0 N–H and O–H groups in total. The van der Waals surface area contributed by atoms with Gasteiger partial charge in [-0.1, -0.05) is 0 Å². The number of ketones is 1. The number of Topliss-reactive ketones (excluding diaryl/α,β-unsaturated/α-hetero) is 1. The van der Waals surface area contributed by atoms with Crippen LogP contribution in [0.1, 0.15) is 19.8 Å². The Morgan fingerprint density at radius 1 is 1.55 bits per heavy atom. The number of amides is 1. The van der Waals surface area contributed by atoms with Crippen LogP contribution in [0.4, 0.5) is 0 Å². The molecular formula is C8H11NO2. The van der Waals surface area contributed by atoms with Gasteiger partial charge in [0, 0.05) is 18.9 Å². The Morgan fingerprint density at radius 3 is 2.45 bits per heavy atom. The van der Waals surface area contributed by atoms with Gasteiger partial charge in [-0.05, 0) is 12.8 Å². The van der Waals surface area contributed by atoms with Crippen molar-refractivity contribution in [3.8, 4) is 0 Å². The van der Waals surface area contributed by atoms with Crippen molar-refractivity contribution in [3.05, 3.63) is 0 Å². The Bertz CT molecular complexity index is 230. The van der Waals surface area contributed by atoms with E-state index in [9.17, 15) is 9.59 Å². The van der Waals surface area contributed by atoms with Crippen LogP contribution in [0.3, 0.4) is 0 Å². The predicted molar refractivity (Wildman–Crippen MR) is 38.9 cm³/mol. The van der Waals surface area contributed by atoms with E-state index in [1.807, 2.05) is 0 Å². The molecule has 0 bridgehead atoms. The molecule has 0 aromatic rings. The summed E-state index contributed by atoms with van der Waals surface area (Å²) in [7, 11) is 0. The number of carbonyl (C=O) groups excluding carboxylic acids is 2. The van der Waals surface area contributed by atoms with Gasteiger partial charge in [-0.25, -0.2) is 0 Å². The van der Waals surface area contributed by atoms with Crippen LogP contribution in [0.2, 0.25) is 0 Å². The lowest BCUT2D eigenvalue weighted by molar-refractivity contribution is -0.129. The lowest BCUT2D eigenvalue weighted by atomic mass is 10.1. The molecule has 1 aliphatic carbocycles. The standard InChI is InChI=1S/C8H11NO2/c1-6(10)9-4-7(11)8(5-9)2-3-8/h2-5H2,1H3. The van der Waals surface area contributed by atoms with Crippen molar-refractivity contribution >= 4 is 11.7 Å². The van der Waals surface area contributed by atoms with Crippen molar-refractivity contribution in [2.24, 2.45) is 5.41 Å². The second-order valence-corrected chi connectivity index (χ2v) is 3.58. The van der Waals surface area contributed by atoms with Crippen molar-refractivity contribution in [2.45, 2.75) is 19.8 Å². The minimum atomic E-state index is -0.0777. The van der Waals surface area contributed by atoms with Crippen LogP contribution in [-0.2, 0) is 9.59 Å². The Labute approximate surface area is 65.4 Å². The molecule has 0 aromatic carbocycles. The molecule has 1 amide bonds. The molecule has 2 rings (SSSR count). The van der Waals surface area contributed by atoms with Crippen LogP contribution in [0.15, 0.2) is 0 Å². The zero-order valence-corrected chi connectivity index (χ0v) is 6.59. The van der Waals surface area contributed by atoms with Crippen molar-refractivity contribution < 1.29 is 9.59 Å². The number of hydrogen-bond donors (Lipinski definition) is 0. The highest BCUT2D eigenvalue weighted by molar-refractivity contribution is 5.95. The largest absolute Gasteiger partial charge is 0.335 e. The summed E-state index contributed by atoms with van der Waals surface area (Å²) in [6, 6.07) is 0. The summed E-state index contributed by atoms with van der Waals surface area (Å²) in [6.07, 6.45) is 1.99. The van der Waals surface area contributed by atoms with Crippen LogP contribution in [0.25, 0.3) is 0 Å². The molecule has 2 fully saturated rings. The van der Waals surface area contributed by atoms with Crippen molar-refractivity contribution in [2.75, 3.05) is 13.1 Å². The topological polar surface area (TPSA) is 37.4 Å². The van der Waals surface area contributed by atoms with Crippen molar-refractivity contribution in [1.29, 1.82) is 0 Å². The van der Waals surface area contributed by atoms with Crippen LogP contribution in [0, 0.1) is 5.41 Å². The van der Waals surface area contributed by atoms with E-state index < -0.39 is 0 Å². The second-order valence-electron chi connectivity index (χ2n) is 3.58. The van der Waals surface area contributed by atoms with Gasteiger partial charge in [0.15, 0.2) is 5.78 Å². The van der Waals surface area contributed by atoms with Gasteiger partial charge < -0.3 is 4.90 Å². The maximum Gasteiger partial charge on any atom is 0.219 e. The third-order valence-corrected chi connectivity index (χ3v) is 2.72. The van der Waals surface area contributed by atoms with Crippen LogP contribution in [-0.4, -0.2) is 29.7 Å². The minimum absolute atomic E-state index is 0.0297. The molecule has 0 aromatic heterocycles. The SMILES string of the molecule is CC(=O)N1CC(=O)C2(CC2)C1. The summed E-state index contributed by atoms with van der Waals surface area (Å²) >= 11 is 0. The first-order valence-electron chi connectivity index (χ1n) is 3.93. The zero-order chi connectivity index (χ0) is 8.06. The molecular weight excluding hydrogens is 142 g/mol. The Morgan fingerprint density at radius 2 is 2.18 bits per heavy atom. The summed E-state index contributed by atoms with van der Waals surface area (Å²) in [4.78, 5) is 23.8. The fourth-order valence-electron chi connectivity index (χ4n) is 1.66. The van der Waals surface area contributed by atoms with E-state index in [1.165, 1.54) is 6.92 Å². The first kappa shape index (κ1) is 6.83. The summed E-state index contributed by atoms with van der Waals surface area (Å²) < 4.78 is 0. The molecule has 0 radical (unpaired) electrons. The highest BCUT2D eigenvalue weighted by Crippen LogP contribution is 2.50. The average Bonchev–Trinajstić information content (AvgIpc) is 2.59. The maximum absolute atomic E-state index is 11.3. The third kappa shape index (κ3) is 0.870. The van der Waals surface area contributed by atoms with E-state index in [1.54, 1.807) is 4.90 Å². The zero-order valence-electron chi connectivity index (χ0n) is 6.59. The molecule has 3 heteroatoms. The van der Waals surface area contributed by atoms with Gasteiger partial charge in [-0.2, -0.15) is 0 Å². The lowest BCUT2D eigenvalue weighted by Crippen LogP contribution is -2.26. The monoisotopic (exact) mass is 153 g/mol. The summed E-state index contributed by atoms with van der Waals surface area (Å²) in [6.45, 7) is 2.56. The molecule has 3 nitrogen and oxygen atoms in total. The summed E-state index contributed by atoms with van der Waals surface area (Å²) in [5.41, 5.74) is -0.0777. The molecule has 1 aliphatic heterocycles. The van der Waals surface area contributed by atoms with Gasteiger partial charge in [0.25, 0.3) is 0 Å². The van der Waals surface area contributed by atoms with E-state index in [4.69, 9.17) is 0 Å². The first-order valence-corrected chi connectivity index (χ1v) is 3.93. The summed E-state index contributed by atoms with van der Waals surface area (Å²) in [5.74, 6) is 0.301. The molecule has 1 saturated heterocycles. The molecule has 1 heterocycles. The molecule has 2 aliphatic rings. The maximum atomic E-state index is 11.3. The number of likely N-dealkylation sites (tertiary alicyclic amines) is 1. The quantitative estimate of drug-likeness (QED) is 0.498. The molecule has 1 spiro atoms. The van der Waals surface area contributed by atoms with E-state index in [0.29, 0.717) is 13.1 Å². The Kier molecular flexibility index (Phi) is 1.14. The van der Waals surface area contributed by atoms with E-state index in [2.05, 4.69) is 0 Å². The smallest absolute Gasteiger partial charge is 0.219 e. The Balaban J connectivity index is 2.13. The Hall–Kier alpha value is -0.860. The van der Waals surface area contributed by atoms with Crippen molar-refractivity contribution in [3.63, 3.8) is 0 Å². The predicted octanol–water partition coefficient (Wildman–Crippen LogP) is 0.198. The molecule has 0 unspecified atom stereocenters. The molecule has 11 heavy (non-hydrogen) atoms. The highest BCUT2D eigenvalue weighted by atomic mass is 16.2. The van der Waals surface area contributed by atoms with Crippen LogP contribution in [0.5, 0.6) is 0 Å². The van der Waals surface area contributed by atoms with Gasteiger partial charge in [0.05, 0.1) is 6.54 Å². The molecule has 60 valence electrons. The molecule has 1 saturated carbocycles. The van der Waals surface area contributed by atoms with E-state index >= 15 is 0 Å². The van der Waals surface area contributed by atoms with Crippen molar-refractivity contribution in [1.82, 2.24) is 4.90 Å².